The summed E-state index contributed by atoms with van der Waals surface area (Å²) in [5.41, 5.74) is 12.7. The van der Waals surface area contributed by atoms with E-state index in [1.165, 1.54) is 42.8 Å². The Kier molecular flexibility index (Phi) is 4.19. The van der Waals surface area contributed by atoms with Crippen molar-refractivity contribution in [1.82, 2.24) is 4.37 Å². The molecule has 1 aliphatic carbocycles. The first-order chi connectivity index (χ1) is 8.68. The number of allylic oxidation sites excluding steroid dienone is 1. The van der Waals surface area contributed by atoms with Gasteiger partial charge in [-0.3, -0.25) is 4.79 Å². The van der Waals surface area contributed by atoms with Crippen molar-refractivity contribution in [3.63, 3.8) is 0 Å². The maximum absolute atomic E-state index is 11.2. The van der Waals surface area contributed by atoms with Crippen LogP contribution in [0.15, 0.2) is 11.6 Å². The summed E-state index contributed by atoms with van der Waals surface area (Å²) in [5, 5.41) is 3.87. The van der Waals surface area contributed by atoms with Crippen molar-refractivity contribution in [2.45, 2.75) is 32.1 Å². The van der Waals surface area contributed by atoms with E-state index in [-0.39, 0.29) is 5.82 Å². The molecule has 0 unspecified atom stereocenters. The predicted octanol–water partition coefficient (Wildman–Crippen LogP) is 2.13. The number of nitrogens with one attached hydrogen (secondary N) is 1. The fraction of sp³-hybridized carbons (Fsp3) is 0.500. The normalized spacial score (nSPS) is 15.2. The van der Waals surface area contributed by atoms with E-state index in [1.54, 1.807) is 0 Å². The van der Waals surface area contributed by atoms with Crippen molar-refractivity contribution in [2.24, 2.45) is 5.73 Å². The van der Waals surface area contributed by atoms with Gasteiger partial charge in [0.15, 0.2) is 5.82 Å². The highest BCUT2D eigenvalue weighted by atomic mass is 32.1. The molecule has 2 rings (SSSR count). The van der Waals surface area contributed by atoms with E-state index in [1.807, 2.05) is 0 Å². The molecule has 18 heavy (non-hydrogen) atoms. The Morgan fingerprint density at radius 3 is 3.00 bits per heavy atom. The van der Waals surface area contributed by atoms with Crippen molar-refractivity contribution in [3.05, 3.63) is 17.2 Å². The van der Waals surface area contributed by atoms with Crippen molar-refractivity contribution >= 4 is 28.3 Å². The van der Waals surface area contributed by atoms with Crippen molar-refractivity contribution in [1.29, 1.82) is 0 Å². The first kappa shape index (κ1) is 12.9. The molecule has 5 nitrogen and oxygen atoms in total. The molecule has 5 N–H and O–H groups in total. The quantitative estimate of drug-likeness (QED) is 0.711. The van der Waals surface area contributed by atoms with E-state index < -0.39 is 5.91 Å². The molecule has 0 radical (unpaired) electrons. The van der Waals surface area contributed by atoms with Crippen LogP contribution < -0.4 is 16.8 Å². The van der Waals surface area contributed by atoms with Crippen LogP contribution in [0.5, 0.6) is 0 Å². The molecule has 98 valence electrons. The van der Waals surface area contributed by atoms with Gasteiger partial charge in [0, 0.05) is 6.54 Å². The van der Waals surface area contributed by atoms with Crippen molar-refractivity contribution in [2.75, 3.05) is 17.6 Å². The minimum Gasteiger partial charge on any atom is -0.382 e. The van der Waals surface area contributed by atoms with Crippen LogP contribution in [0, 0.1) is 0 Å². The number of anilines is 2. The number of nitrogens with zero attached hydrogens (tertiary/aromatic N) is 1. The summed E-state index contributed by atoms with van der Waals surface area (Å²) in [6.45, 7) is 0.785. The van der Waals surface area contributed by atoms with Crippen LogP contribution >= 0.6 is 11.5 Å². The second-order valence-corrected chi connectivity index (χ2v) is 5.19. The number of primary amides is 1. The zero-order valence-electron chi connectivity index (χ0n) is 10.2. The van der Waals surface area contributed by atoms with E-state index in [9.17, 15) is 4.79 Å². The van der Waals surface area contributed by atoms with Crippen LogP contribution in [0.3, 0.4) is 0 Å². The standard InChI is InChI=1S/C12H18N4OS/c13-10-9(11(14)17)12(18-16-10)15-7-6-8-4-2-1-3-5-8/h4,15H,1-3,5-7H2,(H2,13,16)(H2,14,17). The van der Waals surface area contributed by atoms with Gasteiger partial charge in [-0.25, -0.2) is 0 Å². The molecule has 1 amide bonds. The summed E-state index contributed by atoms with van der Waals surface area (Å²) in [6, 6.07) is 0. The van der Waals surface area contributed by atoms with E-state index in [0.29, 0.717) is 10.6 Å². The van der Waals surface area contributed by atoms with Gasteiger partial charge in [-0.05, 0) is 43.6 Å². The van der Waals surface area contributed by atoms with E-state index in [4.69, 9.17) is 11.5 Å². The zero-order chi connectivity index (χ0) is 13.0. The number of hydrogen-bond acceptors (Lipinski definition) is 5. The van der Waals surface area contributed by atoms with Crippen molar-refractivity contribution < 1.29 is 4.79 Å². The van der Waals surface area contributed by atoms with Gasteiger partial charge in [-0.15, -0.1) is 0 Å². The summed E-state index contributed by atoms with van der Waals surface area (Å²) in [7, 11) is 0. The first-order valence-electron chi connectivity index (χ1n) is 6.15. The molecule has 0 saturated carbocycles. The molecule has 1 heterocycles. The lowest BCUT2D eigenvalue weighted by atomic mass is 9.97. The summed E-state index contributed by atoms with van der Waals surface area (Å²) in [6.07, 6.45) is 8.28. The van der Waals surface area contributed by atoms with Gasteiger partial charge >= 0.3 is 0 Å². The van der Waals surface area contributed by atoms with Crippen LogP contribution in [0.25, 0.3) is 0 Å². The maximum Gasteiger partial charge on any atom is 0.255 e. The van der Waals surface area contributed by atoms with Gasteiger partial charge in [0.25, 0.3) is 5.91 Å². The molecule has 0 bridgehead atoms. The number of rotatable bonds is 5. The lowest BCUT2D eigenvalue weighted by molar-refractivity contribution is 0.100. The lowest BCUT2D eigenvalue weighted by Crippen LogP contribution is -2.15. The number of carbonyl (C=O) groups is 1. The highest BCUT2D eigenvalue weighted by molar-refractivity contribution is 7.11. The Labute approximate surface area is 110 Å². The molecule has 0 aliphatic heterocycles. The number of nitrogens with two attached hydrogens (primary N) is 2. The average Bonchev–Trinajstić information content (AvgIpc) is 2.72. The summed E-state index contributed by atoms with van der Waals surface area (Å²) < 4.78 is 3.94. The molecule has 0 spiro atoms. The second kappa shape index (κ2) is 5.86. The van der Waals surface area contributed by atoms with E-state index in [0.717, 1.165) is 13.0 Å². The van der Waals surface area contributed by atoms with Gasteiger partial charge < -0.3 is 16.8 Å². The summed E-state index contributed by atoms with van der Waals surface area (Å²) in [5.74, 6) is -0.312. The van der Waals surface area contributed by atoms with Crippen LogP contribution in [0.4, 0.5) is 10.8 Å². The molecule has 1 aliphatic rings. The summed E-state index contributed by atoms with van der Waals surface area (Å²) >= 11 is 1.18. The lowest BCUT2D eigenvalue weighted by Gasteiger charge is -2.13. The Hall–Kier alpha value is -1.56. The first-order valence-corrected chi connectivity index (χ1v) is 6.92. The van der Waals surface area contributed by atoms with Gasteiger partial charge in [-0.1, -0.05) is 11.6 Å². The van der Waals surface area contributed by atoms with Gasteiger partial charge in [0.1, 0.15) is 10.6 Å². The Bertz CT molecular complexity index is 467. The Morgan fingerprint density at radius 1 is 1.50 bits per heavy atom. The molecular weight excluding hydrogens is 248 g/mol. The smallest absolute Gasteiger partial charge is 0.255 e. The van der Waals surface area contributed by atoms with Gasteiger partial charge in [0.05, 0.1) is 0 Å². The summed E-state index contributed by atoms with van der Waals surface area (Å²) in [4.78, 5) is 11.2. The number of hydrogen-bond donors (Lipinski definition) is 3. The molecule has 1 aromatic heterocycles. The molecule has 0 aromatic carbocycles. The number of amides is 1. The Morgan fingerprint density at radius 2 is 2.33 bits per heavy atom. The largest absolute Gasteiger partial charge is 0.382 e. The number of aromatic nitrogens is 1. The molecule has 0 saturated heterocycles. The van der Waals surface area contributed by atoms with Gasteiger partial charge in [-0.2, -0.15) is 4.37 Å². The molecule has 6 heteroatoms. The van der Waals surface area contributed by atoms with Crippen LogP contribution in [-0.2, 0) is 0 Å². The van der Waals surface area contributed by atoms with Gasteiger partial charge in [0.2, 0.25) is 0 Å². The average molecular weight is 266 g/mol. The number of carbonyl (C=O) groups excluding carboxylic acids is 1. The molecular formula is C12H18N4OS. The highest BCUT2D eigenvalue weighted by Crippen LogP contribution is 2.26. The fourth-order valence-electron chi connectivity index (χ4n) is 2.13. The molecule has 0 atom stereocenters. The minimum atomic E-state index is -0.527. The third kappa shape index (κ3) is 3.01. The van der Waals surface area contributed by atoms with Crippen LogP contribution in [-0.4, -0.2) is 16.8 Å². The van der Waals surface area contributed by atoms with E-state index >= 15 is 0 Å². The second-order valence-electron chi connectivity index (χ2n) is 4.42. The van der Waals surface area contributed by atoms with Crippen molar-refractivity contribution in [3.8, 4) is 0 Å². The van der Waals surface area contributed by atoms with Crippen LogP contribution in [0.2, 0.25) is 0 Å². The molecule has 0 fully saturated rings. The Balaban J connectivity index is 1.90. The van der Waals surface area contributed by atoms with Crippen LogP contribution in [0.1, 0.15) is 42.5 Å². The maximum atomic E-state index is 11.2. The zero-order valence-corrected chi connectivity index (χ0v) is 11.1. The fourth-order valence-corrected chi connectivity index (χ4v) is 2.87. The van der Waals surface area contributed by atoms with E-state index in [2.05, 4.69) is 15.8 Å². The third-order valence-electron chi connectivity index (χ3n) is 3.08. The topological polar surface area (TPSA) is 94.0 Å². The monoisotopic (exact) mass is 266 g/mol. The number of nitrogen functional groups attached to an aromatic ring is 1. The SMILES string of the molecule is NC(=O)c1c(N)nsc1NCCC1=CCCCC1. The highest BCUT2D eigenvalue weighted by Gasteiger charge is 2.16. The minimum absolute atomic E-state index is 0.215. The predicted molar refractivity (Wildman–Crippen MR) is 74.7 cm³/mol. The third-order valence-corrected chi connectivity index (χ3v) is 3.90. The molecule has 1 aromatic rings.